The number of hydrogen-bond donors (Lipinski definition) is 1. The van der Waals surface area contributed by atoms with Crippen molar-refractivity contribution in [3.63, 3.8) is 0 Å². The van der Waals surface area contributed by atoms with Crippen molar-refractivity contribution in [3.05, 3.63) is 114 Å². The van der Waals surface area contributed by atoms with E-state index < -0.39 is 11.9 Å². The summed E-state index contributed by atoms with van der Waals surface area (Å²) in [6.45, 7) is 1.92. The van der Waals surface area contributed by atoms with E-state index in [2.05, 4.69) is 20.9 Å². The number of carbonyl (C=O) groups excluding carboxylic acids is 2. The van der Waals surface area contributed by atoms with Gasteiger partial charge in [0.2, 0.25) is 0 Å². The molecule has 0 spiro atoms. The van der Waals surface area contributed by atoms with Gasteiger partial charge in [-0.15, -0.1) is 0 Å². The van der Waals surface area contributed by atoms with Crippen LogP contribution in [0.1, 0.15) is 28.4 Å². The molecule has 3 aromatic carbocycles. The summed E-state index contributed by atoms with van der Waals surface area (Å²) >= 11 is 16.7. The lowest BCUT2D eigenvalue weighted by molar-refractivity contribution is -0.138. The van der Waals surface area contributed by atoms with E-state index in [0.29, 0.717) is 31.8 Å². The normalized spacial score (nSPS) is 15.3. The summed E-state index contributed by atoms with van der Waals surface area (Å²) in [5.74, 6) is -1.15. The molecule has 3 aromatic rings. The third-order valence-electron chi connectivity index (χ3n) is 5.25. The standard InChI is InChI=1S/C28H20BrCl2NO5S/c1-2-36-28(35)24-25(33)23(38-27(24)32-26(34)16-6-4-3-5-7-16)13-18-12-19(29)9-11-22(18)37-15-17-8-10-20(30)14-21(17)31/h3-14,33H,2,15H2,1H3/b23-13+,32-27?. The van der Waals surface area contributed by atoms with Crippen molar-refractivity contribution >= 4 is 73.9 Å². The highest BCUT2D eigenvalue weighted by Gasteiger charge is 2.34. The molecule has 0 radical (unpaired) electrons. The van der Waals surface area contributed by atoms with Crippen LogP contribution in [0.4, 0.5) is 0 Å². The van der Waals surface area contributed by atoms with Gasteiger partial charge in [0.25, 0.3) is 5.91 Å². The second kappa shape index (κ2) is 12.7. The molecular weight excluding hydrogens is 613 g/mol. The first-order chi connectivity index (χ1) is 18.3. The quantitative estimate of drug-likeness (QED) is 0.265. The lowest BCUT2D eigenvalue weighted by atomic mass is 10.1. The largest absolute Gasteiger partial charge is 0.506 e. The average Bonchev–Trinajstić information content (AvgIpc) is 3.19. The van der Waals surface area contributed by atoms with Gasteiger partial charge >= 0.3 is 5.97 Å². The van der Waals surface area contributed by atoms with E-state index >= 15 is 0 Å². The molecule has 1 amide bonds. The van der Waals surface area contributed by atoms with Gasteiger partial charge in [-0.3, -0.25) is 4.79 Å². The van der Waals surface area contributed by atoms with Crippen molar-refractivity contribution in [1.82, 2.24) is 0 Å². The minimum atomic E-state index is -0.774. The lowest BCUT2D eigenvalue weighted by Gasteiger charge is -2.12. The Morgan fingerprint density at radius 2 is 1.84 bits per heavy atom. The van der Waals surface area contributed by atoms with Gasteiger partial charge in [-0.1, -0.05) is 75.2 Å². The second-order valence-electron chi connectivity index (χ2n) is 7.85. The van der Waals surface area contributed by atoms with Gasteiger partial charge in [0.15, 0.2) is 0 Å². The fourth-order valence-electron chi connectivity index (χ4n) is 3.43. The van der Waals surface area contributed by atoms with Crippen LogP contribution in [0.3, 0.4) is 0 Å². The van der Waals surface area contributed by atoms with Crippen LogP contribution in [-0.2, 0) is 16.1 Å². The third-order valence-corrected chi connectivity index (χ3v) is 7.35. The van der Waals surface area contributed by atoms with Gasteiger partial charge in [0.1, 0.15) is 28.7 Å². The Labute approximate surface area is 242 Å². The summed E-state index contributed by atoms with van der Waals surface area (Å²) in [5.41, 5.74) is 1.54. The molecule has 1 aliphatic heterocycles. The summed E-state index contributed by atoms with van der Waals surface area (Å²) in [4.78, 5) is 29.9. The van der Waals surface area contributed by atoms with Crippen LogP contribution in [0.2, 0.25) is 10.0 Å². The highest BCUT2D eigenvalue weighted by atomic mass is 79.9. The number of ether oxygens (including phenoxy) is 2. The summed E-state index contributed by atoms with van der Waals surface area (Å²) in [6, 6.07) is 19.0. The van der Waals surface area contributed by atoms with Crippen LogP contribution in [-0.4, -0.2) is 28.6 Å². The van der Waals surface area contributed by atoms with E-state index in [-0.39, 0.29) is 29.6 Å². The minimum absolute atomic E-state index is 0.0477. The zero-order valence-corrected chi connectivity index (χ0v) is 23.8. The molecule has 0 aromatic heterocycles. The van der Waals surface area contributed by atoms with Gasteiger partial charge in [-0.25, -0.2) is 9.79 Å². The summed E-state index contributed by atoms with van der Waals surface area (Å²) in [5, 5.41) is 12.1. The molecule has 38 heavy (non-hydrogen) atoms. The Kier molecular flexibility index (Phi) is 9.33. The van der Waals surface area contributed by atoms with E-state index in [1.165, 1.54) is 0 Å². The molecule has 0 saturated carbocycles. The minimum Gasteiger partial charge on any atom is -0.506 e. The molecule has 0 bridgehead atoms. The number of benzene rings is 3. The van der Waals surface area contributed by atoms with Gasteiger partial charge in [0, 0.05) is 31.2 Å². The third kappa shape index (κ3) is 6.69. The van der Waals surface area contributed by atoms with Crippen LogP contribution >= 0.6 is 50.9 Å². The smallest absolute Gasteiger partial charge is 0.344 e. The van der Waals surface area contributed by atoms with Gasteiger partial charge < -0.3 is 14.6 Å². The van der Waals surface area contributed by atoms with Crippen molar-refractivity contribution in [2.75, 3.05) is 6.61 Å². The predicted octanol–water partition coefficient (Wildman–Crippen LogP) is 8.04. The summed E-state index contributed by atoms with van der Waals surface area (Å²) in [7, 11) is 0. The van der Waals surface area contributed by atoms with E-state index in [1.54, 1.807) is 73.7 Å². The molecule has 1 N–H and O–H groups in total. The van der Waals surface area contributed by atoms with Gasteiger partial charge in [-0.2, -0.15) is 0 Å². The molecule has 1 heterocycles. The van der Waals surface area contributed by atoms with Crippen molar-refractivity contribution in [2.24, 2.45) is 4.99 Å². The van der Waals surface area contributed by atoms with Crippen LogP contribution in [0.25, 0.3) is 6.08 Å². The number of carbonyl (C=O) groups is 2. The Morgan fingerprint density at radius 3 is 2.55 bits per heavy atom. The average molecular weight is 633 g/mol. The van der Waals surface area contributed by atoms with Crippen molar-refractivity contribution in [1.29, 1.82) is 0 Å². The Balaban J connectivity index is 1.69. The maximum atomic E-state index is 12.7. The molecule has 10 heteroatoms. The number of hydrogen-bond acceptors (Lipinski definition) is 6. The fraction of sp³-hybridized carbons (Fsp3) is 0.107. The summed E-state index contributed by atoms with van der Waals surface area (Å²) in [6.07, 6.45) is 1.65. The first-order valence-electron chi connectivity index (χ1n) is 11.3. The SMILES string of the molecule is CCOC(=O)C1=C(O)/C(=C\c2cc(Br)ccc2OCc2ccc(Cl)cc2Cl)SC1=NC(=O)c1ccccc1. The zero-order valence-electron chi connectivity index (χ0n) is 19.9. The van der Waals surface area contributed by atoms with Crippen molar-refractivity contribution < 1.29 is 24.2 Å². The number of rotatable bonds is 7. The lowest BCUT2D eigenvalue weighted by Crippen LogP contribution is -2.14. The second-order valence-corrected chi connectivity index (χ2v) is 10.6. The molecule has 0 fully saturated rings. The number of aliphatic imine (C=N–C) groups is 1. The maximum Gasteiger partial charge on any atom is 0.344 e. The molecule has 4 rings (SSSR count). The topological polar surface area (TPSA) is 85.2 Å². The van der Waals surface area contributed by atoms with E-state index in [0.717, 1.165) is 21.8 Å². The molecular formula is C28H20BrCl2NO5S. The van der Waals surface area contributed by atoms with Crippen LogP contribution in [0.15, 0.2) is 92.4 Å². The van der Waals surface area contributed by atoms with Crippen LogP contribution in [0, 0.1) is 0 Å². The molecule has 0 saturated heterocycles. The fourth-order valence-corrected chi connectivity index (χ4v) is 5.27. The number of amides is 1. The molecule has 0 unspecified atom stereocenters. The number of nitrogens with zero attached hydrogens (tertiary/aromatic N) is 1. The van der Waals surface area contributed by atoms with E-state index in [1.807, 2.05) is 6.07 Å². The highest BCUT2D eigenvalue weighted by Crippen LogP contribution is 2.41. The van der Waals surface area contributed by atoms with Gasteiger partial charge in [-0.05, 0) is 55.5 Å². The van der Waals surface area contributed by atoms with Crippen LogP contribution < -0.4 is 4.74 Å². The molecule has 194 valence electrons. The number of aliphatic hydroxyl groups is 1. The number of aliphatic hydroxyl groups excluding tert-OH is 1. The molecule has 6 nitrogen and oxygen atoms in total. The maximum absolute atomic E-state index is 12.7. The molecule has 0 aliphatic carbocycles. The number of thioether (sulfide) groups is 1. The highest BCUT2D eigenvalue weighted by molar-refractivity contribution is 9.10. The molecule has 1 aliphatic rings. The van der Waals surface area contributed by atoms with E-state index in [9.17, 15) is 14.7 Å². The first kappa shape index (κ1) is 28.0. The predicted molar refractivity (Wildman–Crippen MR) is 155 cm³/mol. The monoisotopic (exact) mass is 631 g/mol. The Morgan fingerprint density at radius 1 is 1.08 bits per heavy atom. The Bertz CT molecular complexity index is 1490. The summed E-state index contributed by atoms with van der Waals surface area (Å²) < 4.78 is 11.9. The molecule has 0 atom stereocenters. The van der Waals surface area contributed by atoms with Crippen molar-refractivity contribution in [2.45, 2.75) is 13.5 Å². The Hall–Kier alpha value is -3.04. The first-order valence-corrected chi connectivity index (χ1v) is 13.7. The number of halogens is 3. The van der Waals surface area contributed by atoms with Gasteiger partial charge in [0.05, 0.1) is 11.5 Å². The van der Waals surface area contributed by atoms with Crippen LogP contribution in [0.5, 0.6) is 5.75 Å². The number of esters is 1. The van der Waals surface area contributed by atoms with E-state index in [4.69, 9.17) is 32.7 Å². The zero-order chi connectivity index (χ0) is 27.2. The van der Waals surface area contributed by atoms with Crippen molar-refractivity contribution in [3.8, 4) is 5.75 Å².